The van der Waals surface area contributed by atoms with Crippen LogP contribution in [0.4, 0.5) is 10.1 Å². The summed E-state index contributed by atoms with van der Waals surface area (Å²) in [4.78, 5) is 39.7. The van der Waals surface area contributed by atoms with Crippen LogP contribution in [0.15, 0.2) is 23.7 Å². The lowest BCUT2D eigenvalue weighted by Gasteiger charge is -2.14. The van der Waals surface area contributed by atoms with E-state index >= 15 is 0 Å². The number of halogens is 1. The minimum absolute atomic E-state index is 0.119. The van der Waals surface area contributed by atoms with Crippen LogP contribution in [0.3, 0.4) is 0 Å². The van der Waals surface area contributed by atoms with Crippen LogP contribution in [0.25, 0.3) is 0 Å². The van der Waals surface area contributed by atoms with E-state index in [1.807, 2.05) is 4.57 Å². The summed E-state index contributed by atoms with van der Waals surface area (Å²) < 4.78 is 15.6. The van der Waals surface area contributed by atoms with E-state index in [0.717, 1.165) is 12.5 Å². The van der Waals surface area contributed by atoms with E-state index in [1.165, 1.54) is 23.5 Å². The van der Waals surface area contributed by atoms with Gasteiger partial charge < -0.3 is 15.2 Å². The molecule has 2 amide bonds. The summed E-state index contributed by atoms with van der Waals surface area (Å²) in [6.45, 7) is 1.67. The van der Waals surface area contributed by atoms with Gasteiger partial charge in [0.1, 0.15) is 28.1 Å². The molecule has 11 heteroatoms. The molecule has 6 rings (SSSR count). The summed E-state index contributed by atoms with van der Waals surface area (Å²) in [5.74, 6) is -2.19. The molecule has 0 radical (unpaired) electrons. The first-order chi connectivity index (χ1) is 16.8. The van der Waals surface area contributed by atoms with Crippen molar-refractivity contribution in [3.05, 3.63) is 62.6 Å². The van der Waals surface area contributed by atoms with Crippen LogP contribution < -0.4 is 10.6 Å². The van der Waals surface area contributed by atoms with Crippen molar-refractivity contribution in [3.8, 4) is 6.07 Å². The van der Waals surface area contributed by atoms with Crippen molar-refractivity contribution in [3.63, 3.8) is 0 Å². The van der Waals surface area contributed by atoms with E-state index in [1.54, 1.807) is 18.5 Å². The maximum atomic E-state index is 13.7. The molecule has 9 nitrogen and oxygen atoms in total. The average Bonchev–Trinajstić information content (AvgIpc) is 3.62. The van der Waals surface area contributed by atoms with Crippen molar-refractivity contribution in [1.29, 1.82) is 5.26 Å². The van der Waals surface area contributed by atoms with E-state index in [2.05, 4.69) is 20.8 Å². The highest BCUT2D eigenvalue weighted by Gasteiger charge is 2.52. The van der Waals surface area contributed by atoms with E-state index < -0.39 is 29.0 Å². The second-order valence-corrected chi connectivity index (χ2v) is 10.1. The highest BCUT2D eigenvalue weighted by molar-refractivity contribution is 7.09. The molecule has 176 valence electrons. The van der Waals surface area contributed by atoms with Crippen molar-refractivity contribution in [1.82, 2.24) is 20.1 Å². The first-order valence-electron chi connectivity index (χ1n) is 11.2. The van der Waals surface area contributed by atoms with Crippen LogP contribution in [-0.4, -0.2) is 32.4 Å². The van der Waals surface area contributed by atoms with Gasteiger partial charge in [-0.15, -0.1) is 21.5 Å². The van der Waals surface area contributed by atoms with E-state index in [9.17, 15) is 18.8 Å². The zero-order valence-corrected chi connectivity index (χ0v) is 19.4. The maximum Gasteiger partial charge on any atom is 0.293 e. The summed E-state index contributed by atoms with van der Waals surface area (Å²) in [5.41, 5.74) is 2.75. The predicted molar refractivity (Wildman–Crippen MR) is 122 cm³/mol. The van der Waals surface area contributed by atoms with Crippen LogP contribution in [0.1, 0.15) is 68.0 Å². The van der Waals surface area contributed by atoms with Crippen LogP contribution in [0.2, 0.25) is 0 Å². The first-order valence-corrected chi connectivity index (χ1v) is 12.1. The zero-order chi connectivity index (χ0) is 24.5. The van der Waals surface area contributed by atoms with Gasteiger partial charge in [0, 0.05) is 17.4 Å². The molecule has 2 fully saturated rings. The number of rotatable bonds is 6. The molecule has 3 aliphatic rings. The van der Waals surface area contributed by atoms with Gasteiger partial charge in [-0.3, -0.25) is 14.4 Å². The molecule has 2 N–H and O–H groups in total. The molecule has 1 aromatic carbocycles. The van der Waals surface area contributed by atoms with Crippen LogP contribution in [0.5, 0.6) is 0 Å². The first kappa shape index (κ1) is 21.6. The van der Waals surface area contributed by atoms with Gasteiger partial charge >= 0.3 is 0 Å². The number of nitrogens with zero attached hydrogens (tertiary/aromatic N) is 4. The molecule has 0 saturated heterocycles. The maximum absolute atomic E-state index is 13.7. The van der Waals surface area contributed by atoms with Crippen molar-refractivity contribution >= 4 is 34.6 Å². The fourth-order valence-corrected chi connectivity index (χ4v) is 5.87. The predicted octanol–water partition coefficient (Wildman–Crippen LogP) is 3.02. The lowest BCUT2D eigenvalue weighted by Crippen LogP contribution is -2.39. The largest absolute Gasteiger partial charge is 0.337 e. The van der Waals surface area contributed by atoms with Crippen LogP contribution >= 0.6 is 11.3 Å². The molecule has 3 aromatic rings. The summed E-state index contributed by atoms with van der Waals surface area (Å²) >= 11 is 1.33. The molecule has 0 unspecified atom stereocenters. The van der Waals surface area contributed by atoms with E-state index in [4.69, 9.17) is 5.26 Å². The Bertz CT molecular complexity index is 1470. The second kappa shape index (κ2) is 7.55. The number of nitriles is 1. The molecule has 0 bridgehead atoms. The summed E-state index contributed by atoms with van der Waals surface area (Å²) in [7, 11) is 0. The number of anilines is 1. The Kier molecular flexibility index (Phi) is 4.66. The molecular formula is C24H19FN6O3S. The minimum Gasteiger partial charge on any atom is -0.337 e. The highest BCUT2D eigenvalue weighted by Crippen LogP contribution is 2.54. The smallest absolute Gasteiger partial charge is 0.293 e. The number of ketones is 1. The number of carbonyl (C=O) groups excluding carboxylic acids is 3. The summed E-state index contributed by atoms with van der Waals surface area (Å²) in [5, 5.41) is 23.2. The SMILES string of the molecule is Cc1c(C(=O)C(=O)NC2(c3nncs3)CC2)c2n(c1C(=O)Nc1ccc(F)c(C#N)c1)[C@@H]1C[C@@H]1C2. The number of aromatic nitrogens is 3. The second-order valence-electron chi connectivity index (χ2n) is 9.30. The average molecular weight is 491 g/mol. The fourth-order valence-electron chi connectivity index (χ4n) is 5.10. The molecule has 2 saturated carbocycles. The van der Waals surface area contributed by atoms with Gasteiger partial charge in [-0.1, -0.05) is 0 Å². The lowest BCUT2D eigenvalue weighted by atomic mass is 10.0. The van der Waals surface area contributed by atoms with Gasteiger partial charge in [0.2, 0.25) is 0 Å². The summed E-state index contributed by atoms with van der Waals surface area (Å²) in [6, 6.07) is 5.62. The molecule has 0 spiro atoms. The fraction of sp³-hybridized carbons (Fsp3) is 0.333. The molecular weight excluding hydrogens is 471 g/mol. The molecule has 2 aliphatic carbocycles. The van der Waals surface area contributed by atoms with Crippen LogP contribution in [0, 0.1) is 30.0 Å². The molecule has 35 heavy (non-hydrogen) atoms. The van der Waals surface area contributed by atoms with Crippen molar-refractivity contribution < 1.29 is 18.8 Å². The number of carbonyl (C=O) groups is 3. The van der Waals surface area contributed by atoms with Crippen molar-refractivity contribution in [2.75, 3.05) is 5.32 Å². The molecule has 1 aliphatic heterocycles. The topological polar surface area (TPSA) is 130 Å². The van der Waals surface area contributed by atoms with Crippen molar-refractivity contribution in [2.24, 2.45) is 5.92 Å². The number of hydrogen-bond donors (Lipinski definition) is 2. The number of Topliss-reactive ketones (excluding diaryl/α,β-unsaturated/α-hetero) is 1. The normalized spacial score (nSPS) is 20.4. The minimum atomic E-state index is -0.723. The molecule has 3 heterocycles. The third-order valence-electron chi connectivity index (χ3n) is 7.09. The van der Waals surface area contributed by atoms with Crippen LogP contribution in [-0.2, 0) is 16.8 Å². The Morgan fingerprint density at radius 3 is 2.80 bits per heavy atom. The van der Waals surface area contributed by atoms with Gasteiger partial charge in [0.05, 0.1) is 16.7 Å². The van der Waals surface area contributed by atoms with Gasteiger partial charge in [0.25, 0.3) is 17.6 Å². The van der Waals surface area contributed by atoms with E-state index in [0.29, 0.717) is 47.1 Å². The van der Waals surface area contributed by atoms with Gasteiger partial charge in [-0.2, -0.15) is 5.26 Å². The van der Waals surface area contributed by atoms with Gasteiger partial charge in [0.15, 0.2) is 0 Å². The number of amides is 2. The Morgan fingerprint density at radius 2 is 2.11 bits per heavy atom. The quantitative estimate of drug-likeness (QED) is 0.404. The lowest BCUT2D eigenvalue weighted by molar-refractivity contribution is -0.118. The van der Waals surface area contributed by atoms with E-state index in [-0.39, 0.29) is 22.9 Å². The van der Waals surface area contributed by atoms with Gasteiger partial charge in [-0.05, 0) is 62.3 Å². The Hall–Kier alpha value is -3.91. The third-order valence-corrected chi connectivity index (χ3v) is 7.98. The molecule has 2 atom stereocenters. The van der Waals surface area contributed by atoms with Crippen molar-refractivity contribution in [2.45, 2.75) is 44.2 Å². The number of fused-ring (bicyclic) bond motifs is 3. The summed E-state index contributed by atoms with van der Waals surface area (Å²) in [6.07, 6.45) is 2.92. The third kappa shape index (κ3) is 3.36. The van der Waals surface area contributed by atoms with Gasteiger partial charge in [-0.25, -0.2) is 4.39 Å². The number of nitrogens with one attached hydrogen (secondary N) is 2. The standard InChI is InChI=1S/C24H19FN6O3S/c1-11-18(20(32)22(34)29-24(4-5-24)23-30-27-10-35-23)17-8-12-7-16(12)31(17)19(11)21(33)28-14-2-3-15(25)13(6-14)9-26/h2-3,6,10,12,16H,4-5,7-8H2,1H3,(H,28,33)(H,29,34)/t12-,16-/m1/s1. The molecule has 2 aromatic heterocycles. The number of benzene rings is 1. The Balaban J connectivity index is 1.31. The highest BCUT2D eigenvalue weighted by atomic mass is 32.1. The monoisotopic (exact) mass is 490 g/mol. The zero-order valence-electron chi connectivity index (χ0n) is 18.6. The number of hydrogen-bond acceptors (Lipinski definition) is 7. The Morgan fingerprint density at radius 1 is 1.31 bits per heavy atom. The Labute approximate surface area is 203 Å².